The second kappa shape index (κ2) is 5.11. The minimum atomic E-state index is -1.39. The lowest BCUT2D eigenvalue weighted by molar-refractivity contribution is 0.0693. The molecule has 0 radical (unpaired) electrons. The molecule has 0 saturated heterocycles. The summed E-state index contributed by atoms with van der Waals surface area (Å²) < 4.78 is 1.11. The summed E-state index contributed by atoms with van der Waals surface area (Å²) in [6, 6.07) is 6.79. The highest BCUT2D eigenvalue weighted by atomic mass is 35.5. The van der Waals surface area contributed by atoms with E-state index in [-0.39, 0.29) is 6.54 Å². The number of halogens is 1. The van der Waals surface area contributed by atoms with E-state index >= 15 is 0 Å². The maximum Gasteiger partial charge on any atom is 0.342 e. The Bertz CT molecular complexity index is 748. The van der Waals surface area contributed by atoms with Crippen molar-refractivity contribution in [1.82, 2.24) is 9.55 Å². The predicted molar refractivity (Wildman–Crippen MR) is 68.8 cm³/mol. The second-order valence-corrected chi connectivity index (χ2v) is 4.30. The SMILES string of the molecule is O=C(O)c1cn(Cc2cccc(Cl)c2)c(=O)[nH]c1=O. The van der Waals surface area contributed by atoms with Gasteiger partial charge in [-0.05, 0) is 17.7 Å². The van der Waals surface area contributed by atoms with E-state index in [9.17, 15) is 14.4 Å². The number of hydrogen-bond donors (Lipinski definition) is 2. The van der Waals surface area contributed by atoms with Gasteiger partial charge in [0.05, 0.1) is 6.54 Å². The van der Waals surface area contributed by atoms with Crippen molar-refractivity contribution in [2.75, 3.05) is 0 Å². The molecule has 0 fully saturated rings. The zero-order valence-electron chi connectivity index (χ0n) is 9.59. The van der Waals surface area contributed by atoms with Crippen molar-refractivity contribution in [2.24, 2.45) is 0 Å². The molecule has 0 spiro atoms. The first-order valence-corrected chi connectivity index (χ1v) is 5.66. The third-order valence-electron chi connectivity index (χ3n) is 2.48. The van der Waals surface area contributed by atoms with Crippen LogP contribution in [0.15, 0.2) is 40.1 Å². The molecule has 2 aromatic rings. The average molecular weight is 281 g/mol. The number of rotatable bonds is 3. The van der Waals surface area contributed by atoms with E-state index < -0.39 is 22.8 Å². The molecular weight excluding hydrogens is 272 g/mol. The Morgan fingerprint density at radius 3 is 2.74 bits per heavy atom. The maximum absolute atomic E-state index is 11.6. The molecule has 2 rings (SSSR count). The van der Waals surface area contributed by atoms with Crippen LogP contribution in [-0.4, -0.2) is 20.6 Å². The van der Waals surface area contributed by atoms with Crippen LogP contribution in [0.25, 0.3) is 0 Å². The summed E-state index contributed by atoms with van der Waals surface area (Å²) in [6.07, 6.45) is 1.02. The van der Waals surface area contributed by atoms with E-state index in [4.69, 9.17) is 16.7 Å². The molecule has 19 heavy (non-hydrogen) atoms. The van der Waals surface area contributed by atoms with Crippen LogP contribution in [0.1, 0.15) is 15.9 Å². The third kappa shape index (κ3) is 2.92. The molecule has 0 aliphatic rings. The van der Waals surface area contributed by atoms with Crippen molar-refractivity contribution in [2.45, 2.75) is 6.54 Å². The van der Waals surface area contributed by atoms with Gasteiger partial charge in [-0.15, -0.1) is 0 Å². The van der Waals surface area contributed by atoms with Crippen LogP contribution in [-0.2, 0) is 6.54 Å². The number of carboxylic acid groups (broad SMARTS) is 1. The first-order valence-electron chi connectivity index (χ1n) is 5.29. The standard InChI is InChI=1S/C12H9ClN2O4/c13-8-3-1-2-7(4-8)5-15-6-9(11(17)18)10(16)14-12(15)19/h1-4,6H,5H2,(H,17,18)(H,14,16,19). The summed E-state index contributed by atoms with van der Waals surface area (Å²) in [4.78, 5) is 35.7. The molecule has 0 aliphatic heterocycles. The Labute approximate surface area is 111 Å². The number of nitrogens with one attached hydrogen (secondary N) is 1. The molecule has 1 aromatic heterocycles. The first kappa shape index (κ1) is 13.1. The van der Waals surface area contributed by atoms with Crippen molar-refractivity contribution < 1.29 is 9.90 Å². The maximum atomic E-state index is 11.6. The van der Waals surface area contributed by atoms with Crippen LogP contribution in [0.4, 0.5) is 0 Å². The van der Waals surface area contributed by atoms with Gasteiger partial charge in [0, 0.05) is 11.2 Å². The Hall–Kier alpha value is -2.34. The highest BCUT2D eigenvalue weighted by molar-refractivity contribution is 6.30. The topological polar surface area (TPSA) is 92.2 Å². The third-order valence-corrected chi connectivity index (χ3v) is 2.72. The number of aromatic carboxylic acids is 1. The quantitative estimate of drug-likeness (QED) is 0.875. The molecule has 0 aliphatic carbocycles. The molecule has 98 valence electrons. The number of carbonyl (C=O) groups is 1. The molecule has 0 amide bonds. The fourth-order valence-electron chi connectivity index (χ4n) is 1.61. The van der Waals surface area contributed by atoms with E-state index in [2.05, 4.69) is 0 Å². The van der Waals surface area contributed by atoms with Crippen LogP contribution >= 0.6 is 11.6 Å². The van der Waals surface area contributed by atoms with E-state index in [0.717, 1.165) is 16.3 Å². The Balaban J connectivity index is 2.46. The largest absolute Gasteiger partial charge is 0.477 e. The van der Waals surface area contributed by atoms with E-state index in [1.165, 1.54) is 0 Å². The van der Waals surface area contributed by atoms with E-state index in [0.29, 0.717) is 5.02 Å². The minimum Gasteiger partial charge on any atom is -0.477 e. The smallest absolute Gasteiger partial charge is 0.342 e. The van der Waals surface area contributed by atoms with Gasteiger partial charge in [-0.3, -0.25) is 14.3 Å². The van der Waals surface area contributed by atoms with Crippen molar-refractivity contribution in [3.05, 3.63) is 67.4 Å². The van der Waals surface area contributed by atoms with Crippen LogP contribution in [0.5, 0.6) is 0 Å². The van der Waals surface area contributed by atoms with Crippen molar-refractivity contribution in [3.8, 4) is 0 Å². The van der Waals surface area contributed by atoms with Gasteiger partial charge < -0.3 is 5.11 Å². The fraction of sp³-hybridized carbons (Fsp3) is 0.0833. The van der Waals surface area contributed by atoms with Gasteiger partial charge in [0.1, 0.15) is 5.56 Å². The van der Waals surface area contributed by atoms with Crippen molar-refractivity contribution >= 4 is 17.6 Å². The normalized spacial score (nSPS) is 10.4. The summed E-state index contributed by atoms with van der Waals surface area (Å²) in [6.45, 7) is 0.121. The number of aromatic nitrogens is 2. The van der Waals surface area contributed by atoms with Crippen LogP contribution in [0.3, 0.4) is 0 Å². The Morgan fingerprint density at radius 2 is 2.11 bits per heavy atom. The molecule has 0 atom stereocenters. The number of benzene rings is 1. The van der Waals surface area contributed by atoms with Crippen LogP contribution in [0.2, 0.25) is 5.02 Å². The summed E-state index contributed by atoms with van der Waals surface area (Å²) in [5.41, 5.74) is -1.35. The van der Waals surface area contributed by atoms with Gasteiger partial charge in [0.2, 0.25) is 0 Å². The molecule has 2 N–H and O–H groups in total. The lowest BCUT2D eigenvalue weighted by atomic mass is 10.2. The summed E-state index contributed by atoms with van der Waals surface area (Å²) in [5, 5.41) is 9.34. The average Bonchev–Trinajstić information content (AvgIpc) is 2.32. The Morgan fingerprint density at radius 1 is 1.37 bits per heavy atom. The van der Waals surface area contributed by atoms with Gasteiger partial charge in [0.25, 0.3) is 5.56 Å². The first-order chi connectivity index (χ1) is 8.97. The minimum absolute atomic E-state index is 0.121. The number of aromatic amines is 1. The predicted octanol–water partition coefficient (Wildman–Crippen LogP) is 0.936. The molecule has 0 saturated carbocycles. The zero-order valence-corrected chi connectivity index (χ0v) is 10.3. The highest BCUT2D eigenvalue weighted by Crippen LogP contribution is 2.11. The summed E-state index contributed by atoms with van der Waals surface area (Å²) >= 11 is 5.82. The number of H-pyrrole nitrogens is 1. The molecule has 1 aromatic carbocycles. The molecule has 0 unspecified atom stereocenters. The van der Waals surface area contributed by atoms with Gasteiger partial charge in [-0.25, -0.2) is 9.59 Å². The summed E-state index contributed by atoms with van der Waals surface area (Å²) in [5.74, 6) is -1.39. The van der Waals surface area contributed by atoms with E-state index in [1.807, 2.05) is 4.98 Å². The number of carboxylic acids is 1. The lowest BCUT2D eigenvalue weighted by Gasteiger charge is -2.06. The number of hydrogen-bond acceptors (Lipinski definition) is 3. The molecule has 6 nitrogen and oxygen atoms in total. The molecular formula is C12H9ClN2O4. The fourth-order valence-corrected chi connectivity index (χ4v) is 1.82. The molecule has 1 heterocycles. The molecule has 0 bridgehead atoms. The number of nitrogens with zero attached hydrogens (tertiary/aromatic N) is 1. The van der Waals surface area contributed by atoms with E-state index in [1.54, 1.807) is 24.3 Å². The highest BCUT2D eigenvalue weighted by Gasteiger charge is 2.11. The van der Waals surface area contributed by atoms with Crippen LogP contribution in [0, 0.1) is 0 Å². The van der Waals surface area contributed by atoms with Crippen molar-refractivity contribution in [1.29, 1.82) is 0 Å². The van der Waals surface area contributed by atoms with Gasteiger partial charge in [-0.2, -0.15) is 0 Å². The van der Waals surface area contributed by atoms with Gasteiger partial charge in [-0.1, -0.05) is 23.7 Å². The summed E-state index contributed by atoms with van der Waals surface area (Å²) in [7, 11) is 0. The second-order valence-electron chi connectivity index (χ2n) is 3.87. The molecule has 7 heteroatoms. The lowest BCUT2D eigenvalue weighted by Crippen LogP contribution is -2.33. The monoisotopic (exact) mass is 280 g/mol. The van der Waals surface area contributed by atoms with Gasteiger partial charge in [0.15, 0.2) is 0 Å². The zero-order chi connectivity index (χ0) is 14.0. The van der Waals surface area contributed by atoms with Gasteiger partial charge >= 0.3 is 11.7 Å². The Kier molecular flexibility index (Phi) is 3.52. The van der Waals surface area contributed by atoms with Crippen LogP contribution < -0.4 is 11.2 Å². The van der Waals surface area contributed by atoms with Crippen molar-refractivity contribution in [3.63, 3.8) is 0 Å².